The fourth-order valence-electron chi connectivity index (χ4n) is 3.14. The second-order valence-corrected chi connectivity index (χ2v) is 12.6. The van der Waals surface area contributed by atoms with E-state index >= 15 is 0 Å². The number of sulfonamides is 1. The molecule has 0 saturated heterocycles. The van der Waals surface area contributed by atoms with Gasteiger partial charge in [0.1, 0.15) is 12.6 Å². The monoisotopic (exact) mass is 591 g/mol. The minimum absolute atomic E-state index is 0.0323. The molecule has 0 saturated carbocycles. The van der Waals surface area contributed by atoms with E-state index in [-0.39, 0.29) is 12.5 Å². The van der Waals surface area contributed by atoms with Crippen LogP contribution in [0.2, 0.25) is 10.0 Å². The van der Waals surface area contributed by atoms with E-state index in [1.807, 2.05) is 20.8 Å². The van der Waals surface area contributed by atoms with Gasteiger partial charge in [-0.15, -0.1) is 0 Å². The Bertz CT molecular complexity index is 1170. The van der Waals surface area contributed by atoms with Crippen molar-refractivity contribution >= 4 is 66.7 Å². The molecule has 2 aromatic carbocycles. The molecule has 1 atom stereocenters. The van der Waals surface area contributed by atoms with Crippen molar-refractivity contribution in [1.82, 2.24) is 10.2 Å². The summed E-state index contributed by atoms with van der Waals surface area (Å²) in [4.78, 5) is 27.7. The van der Waals surface area contributed by atoms with Crippen LogP contribution in [0.15, 0.2) is 46.9 Å². The van der Waals surface area contributed by atoms with Gasteiger partial charge in [-0.3, -0.25) is 13.9 Å². The molecule has 2 amide bonds. The van der Waals surface area contributed by atoms with E-state index in [0.29, 0.717) is 25.8 Å². The van der Waals surface area contributed by atoms with Crippen molar-refractivity contribution in [2.45, 2.75) is 45.8 Å². The Kier molecular flexibility index (Phi) is 9.44. The van der Waals surface area contributed by atoms with Crippen molar-refractivity contribution in [3.8, 4) is 0 Å². The molecule has 0 heterocycles. The largest absolute Gasteiger partial charge is 0.350 e. The zero-order valence-electron chi connectivity index (χ0n) is 19.6. The Labute approximate surface area is 219 Å². The van der Waals surface area contributed by atoms with Crippen LogP contribution in [0.5, 0.6) is 0 Å². The average Bonchev–Trinajstić information content (AvgIpc) is 2.70. The van der Waals surface area contributed by atoms with Crippen LogP contribution in [-0.4, -0.2) is 49.5 Å². The lowest BCUT2D eigenvalue weighted by Gasteiger charge is -2.33. The first-order chi connectivity index (χ1) is 15.6. The summed E-state index contributed by atoms with van der Waals surface area (Å²) >= 11 is 15.5. The molecule has 2 rings (SSSR count). The summed E-state index contributed by atoms with van der Waals surface area (Å²) in [7, 11) is -3.80. The van der Waals surface area contributed by atoms with Gasteiger partial charge in [-0.2, -0.15) is 0 Å². The van der Waals surface area contributed by atoms with Crippen LogP contribution in [0.25, 0.3) is 0 Å². The number of carbonyl (C=O) groups is 2. The van der Waals surface area contributed by atoms with E-state index in [4.69, 9.17) is 23.2 Å². The van der Waals surface area contributed by atoms with Crippen molar-refractivity contribution in [1.29, 1.82) is 0 Å². The van der Waals surface area contributed by atoms with E-state index in [2.05, 4.69) is 21.2 Å². The molecule has 2 aromatic rings. The summed E-state index contributed by atoms with van der Waals surface area (Å²) in [5.74, 6) is -0.915. The van der Waals surface area contributed by atoms with Crippen LogP contribution in [0.3, 0.4) is 0 Å². The molecule has 0 aromatic heterocycles. The molecule has 1 N–H and O–H groups in total. The summed E-state index contributed by atoms with van der Waals surface area (Å²) in [5.41, 5.74) is 0.455. The van der Waals surface area contributed by atoms with E-state index in [0.717, 1.165) is 10.6 Å². The first-order valence-electron chi connectivity index (χ1n) is 10.4. The van der Waals surface area contributed by atoms with Crippen molar-refractivity contribution in [2.75, 3.05) is 17.1 Å². The third kappa shape index (κ3) is 8.15. The number of benzene rings is 2. The van der Waals surface area contributed by atoms with Crippen LogP contribution in [0.1, 0.15) is 33.3 Å². The Hall–Kier alpha value is -1.81. The smallest absolute Gasteiger partial charge is 0.244 e. The molecule has 0 aliphatic heterocycles. The lowest BCUT2D eigenvalue weighted by Crippen LogP contribution is -2.54. The molecule has 0 spiro atoms. The number of nitrogens with one attached hydrogen (secondary N) is 1. The fourth-order valence-corrected chi connectivity index (χ4v) is 4.69. The number of rotatable bonds is 8. The van der Waals surface area contributed by atoms with Gasteiger partial charge in [-0.05, 0) is 63.6 Å². The highest BCUT2D eigenvalue weighted by atomic mass is 79.9. The van der Waals surface area contributed by atoms with Crippen LogP contribution in [0.4, 0.5) is 5.69 Å². The molecular formula is C23H28BrCl2N3O4S. The van der Waals surface area contributed by atoms with Crippen molar-refractivity contribution in [2.24, 2.45) is 0 Å². The highest BCUT2D eigenvalue weighted by Crippen LogP contribution is 2.25. The van der Waals surface area contributed by atoms with Crippen molar-refractivity contribution in [3.63, 3.8) is 0 Å². The zero-order valence-corrected chi connectivity index (χ0v) is 23.5. The summed E-state index contributed by atoms with van der Waals surface area (Å²) < 4.78 is 26.8. The molecule has 0 unspecified atom stereocenters. The summed E-state index contributed by atoms with van der Waals surface area (Å²) in [6.45, 7) is 6.65. The number of nitrogens with zero attached hydrogens (tertiary/aromatic N) is 2. The normalized spacial score (nSPS) is 12.7. The van der Waals surface area contributed by atoms with Gasteiger partial charge >= 0.3 is 0 Å². The molecule has 186 valence electrons. The Balaban J connectivity index is 2.43. The molecular weight excluding hydrogens is 565 g/mol. The molecule has 0 fully saturated rings. The van der Waals surface area contributed by atoms with Crippen LogP contribution in [0, 0.1) is 0 Å². The van der Waals surface area contributed by atoms with Gasteiger partial charge in [0.25, 0.3) is 0 Å². The van der Waals surface area contributed by atoms with Crippen molar-refractivity contribution < 1.29 is 18.0 Å². The summed E-state index contributed by atoms with van der Waals surface area (Å²) in [5, 5.41) is 3.54. The van der Waals surface area contributed by atoms with Gasteiger partial charge in [0.2, 0.25) is 21.8 Å². The second-order valence-electron chi connectivity index (χ2n) is 8.93. The van der Waals surface area contributed by atoms with E-state index < -0.39 is 34.1 Å². The lowest BCUT2D eigenvalue weighted by atomic mass is 10.1. The summed E-state index contributed by atoms with van der Waals surface area (Å²) in [6.07, 6.45) is 1.03. The first kappa shape index (κ1) is 28.4. The zero-order chi connectivity index (χ0) is 25.8. The topological polar surface area (TPSA) is 86.8 Å². The lowest BCUT2D eigenvalue weighted by molar-refractivity contribution is -0.140. The number of amides is 2. The van der Waals surface area contributed by atoms with Gasteiger partial charge in [-0.1, -0.05) is 51.3 Å². The number of halogens is 3. The van der Waals surface area contributed by atoms with Crippen LogP contribution >= 0.6 is 39.1 Å². The minimum atomic E-state index is -3.80. The molecule has 0 aliphatic rings. The molecule has 34 heavy (non-hydrogen) atoms. The average molecular weight is 593 g/mol. The molecule has 11 heteroatoms. The highest BCUT2D eigenvalue weighted by Gasteiger charge is 2.31. The third-order valence-electron chi connectivity index (χ3n) is 4.78. The van der Waals surface area contributed by atoms with E-state index in [1.165, 1.54) is 4.90 Å². The minimum Gasteiger partial charge on any atom is -0.350 e. The molecule has 0 radical (unpaired) electrons. The summed E-state index contributed by atoms with van der Waals surface area (Å²) in [6, 6.07) is 10.7. The van der Waals surface area contributed by atoms with Gasteiger partial charge in [0.05, 0.1) is 22.0 Å². The molecule has 0 aliphatic carbocycles. The number of hydrogen-bond acceptors (Lipinski definition) is 4. The maximum atomic E-state index is 13.5. The number of carbonyl (C=O) groups excluding carboxylic acids is 2. The Morgan fingerprint density at radius 1 is 1.09 bits per heavy atom. The van der Waals surface area contributed by atoms with E-state index in [1.54, 1.807) is 49.4 Å². The predicted molar refractivity (Wildman–Crippen MR) is 141 cm³/mol. The standard InChI is InChI=1S/C23H28BrCl2N3O4S/c1-15(22(31)27-23(2,3)4)28(13-16-9-10-19(25)20(26)11-16)21(30)14-29(34(5,32)33)18-8-6-7-17(24)12-18/h6-12,15H,13-14H2,1-5H3,(H,27,31)/t15-/m1/s1. The maximum Gasteiger partial charge on any atom is 0.244 e. The number of hydrogen-bond donors (Lipinski definition) is 1. The Morgan fingerprint density at radius 2 is 1.74 bits per heavy atom. The van der Waals surface area contributed by atoms with Crippen molar-refractivity contribution in [3.05, 3.63) is 62.5 Å². The number of anilines is 1. The fraction of sp³-hybridized carbons (Fsp3) is 0.391. The van der Waals surface area contributed by atoms with Crippen LogP contribution in [-0.2, 0) is 26.2 Å². The highest BCUT2D eigenvalue weighted by molar-refractivity contribution is 9.10. The SMILES string of the molecule is C[C@H](C(=O)NC(C)(C)C)N(Cc1ccc(Cl)c(Cl)c1)C(=O)CN(c1cccc(Br)c1)S(C)(=O)=O. The van der Waals surface area contributed by atoms with Gasteiger partial charge < -0.3 is 10.2 Å². The maximum absolute atomic E-state index is 13.5. The van der Waals surface area contributed by atoms with E-state index in [9.17, 15) is 18.0 Å². The van der Waals surface area contributed by atoms with Gasteiger partial charge in [0.15, 0.2) is 0 Å². The Morgan fingerprint density at radius 3 is 2.26 bits per heavy atom. The predicted octanol–water partition coefficient (Wildman–Crippen LogP) is 4.85. The second kappa shape index (κ2) is 11.3. The van der Waals surface area contributed by atoms with Gasteiger partial charge in [-0.25, -0.2) is 8.42 Å². The molecule has 7 nitrogen and oxygen atoms in total. The van der Waals surface area contributed by atoms with Crippen LogP contribution < -0.4 is 9.62 Å². The third-order valence-corrected chi connectivity index (χ3v) is 7.15. The molecule has 0 bridgehead atoms. The van der Waals surface area contributed by atoms with Gasteiger partial charge in [0, 0.05) is 16.6 Å². The quantitative estimate of drug-likeness (QED) is 0.474. The first-order valence-corrected chi connectivity index (χ1v) is 13.8.